The van der Waals surface area contributed by atoms with Gasteiger partial charge in [-0.15, -0.1) is 0 Å². The van der Waals surface area contributed by atoms with E-state index in [-0.39, 0.29) is 35.0 Å². The molecule has 5 rings (SSSR count). The minimum atomic E-state index is -3.64. The Bertz CT molecular complexity index is 1340. The van der Waals surface area contributed by atoms with Crippen molar-refractivity contribution >= 4 is 37.8 Å². The highest BCUT2D eigenvalue weighted by Gasteiger charge is 2.55. The fourth-order valence-electron chi connectivity index (χ4n) is 4.86. The van der Waals surface area contributed by atoms with Crippen LogP contribution in [0.1, 0.15) is 54.2 Å². The second-order valence-corrected chi connectivity index (χ2v) is 11.8. The van der Waals surface area contributed by atoms with E-state index in [0.717, 1.165) is 12.8 Å². The van der Waals surface area contributed by atoms with Gasteiger partial charge in [-0.05, 0) is 37.5 Å². The molecule has 1 aliphatic heterocycles. The number of ketones is 1. The molecule has 1 fully saturated rings. The number of nitrogens with zero attached hydrogens (tertiary/aromatic N) is 4. The van der Waals surface area contributed by atoms with Crippen molar-refractivity contribution in [2.45, 2.75) is 49.3 Å². The van der Waals surface area contributed by atoms with Gasteiger partial charge in [0, 0.05) is 12.0 Å². The summed E-state index contributed by atoms with van der Waals surface area (Å²) in [6.07, 6.45) is 4.01. The van der Waals surface area contributed by atoms with Crippen molar-refractivity contribution in [1.82, 2.24) is 14.6 Å². The van der Waals surface area contributed by atoms with Crippen molar-refractivity contribution in [2.24, 2.45) is 10.7 Å². The number of amidine groups is 1. The summed E-state index contributed by atoms with van der Waals surface area (Å²) in [5, 5.41) is 4.06. The van der Waals surface area contributed by atoms with Crippen molar-refractivity contribution in [2.75, 3.05) is 5.75 Å². The molecule has 1 aliphatic carbocycles. The van der Waals surface area contributed by atoms with Gasteiger partial charge in [-0.3, -0.25) is 9.79 Å². The number of Topliss-reactive ketones (excluding diaryl/α,β-unsaturated/α-hetero) is 1. The summed E-state index contributed by atoms with van der Waals surface area (Å²) in [6.45, 7) is 1.58. The molecule has 0 amide bonds. The molecule has 8 nitrogen and oxygen atoms in total. The van der Waals surface area contributed by atoms with E-state index in [4.69, 9.17) is 5.73 Å². The Kier molecular flexibility index (Phi) is 4.75. The zero-order valence-electron chi connectivity index (χ0n) is 17.4. The first-order valence-electron chi connectivity index (χ1n) is 10.3. The Labute approximate surface area is 188 Å². The van der Waals surface area contributed by atoms with E-state index >= 15 is 0 Å². The molecule has 11 heteroatoms. The van der Waals surface area contributed by atoms with Crippen molar-refractivity contribution in [3.63, 3.8) is 0 Å². The summed E-state index contributed by atoms with van der Waals surface area (Å²) < 4.78 is 41.8. The molecule has 1 aromatic carbocycles. The normalized spacial score (nSPS) is 24.1. The molecule has 1 spiro atoms. The number of hydrogen-bond donors (Lipinski definition) is 1. The highest BCUT2D eigenvalue weighted by atomic mass is 32.2. The predicted octanol–water partition coefficient (Wildman–Crippen LogP) is 2.67. The molecule has 2 N–H and O–H groups in total. The maximum Gasteiger partial charge on any atom is 0.212 e. The average molecular weight is 476 g/mol. The zero-order valence-corrected chi connectivity index (χ0v) is 19.0. The Hall–Kier alpha value is -2.66. The number of hydrogen-bond acceptors (Lipinski definition) is 8. The van der Waals surface area contributed by atoms with Crippen LogP contribution in [0.4, 0.5) is 4.39 Å². The number of aliphatic imine (C=N–C) groups is 1. The Morgan fingerprint density at radius 1 is 1.31 bits per heavy atom. The van der Waals surface area contributed by atoms with Crippen LogP contribution in [0.2, 0.25) is 0 Å². The Balaban J connectivity index is 1.49. The third kappa shape index (κ3) is 3.17. The van der Waals surface area contributed by atoms with Gasteiger partial charge in [0.25, 0.3) is 0 Å². The van der Waals surface area contributed by atoms with Gasteiger partial charge in [-0.25, -0.2) is 22.3 Å². The van der Waals surface area contributed by atoms with Gasteiger partial charge in [0.05, 0.1) is 11.9 Å². The van der Waals surface area contributed by atoms with Gasteiger partial charge in [0.2, 0.25) is 4.96 Å². The first-order chi connectivity index (χ1) is 15.1. The number of nitrogens with two attached hydrogens (primary N) is 1. The van der Waals surface area contributed by atoms with Crippen LogP contribution in [0.3, 0.4) is 0 Å². The summed E-state index contributed by atoms with van der Waals surface area (Å²) in [6, 6.07) is 4.28. The molecule has 0 bridgehead atoms. The Morgan fingerprint density at radius 2 is 2.06 bits per heavy atom. The van der Waals surface area contributed by atoms with Gasteiger partial charge < -0.3 is 5.73 Å². The van der Waals surface area contributed by atoms with Gasteiger partial charge in [0.1, 0.15) is 33.1 Å². The van der Waals surface area contributed by atoms with Gasteiger partial charge >= 0.3 is 0 Å². The van der Waals surface area contributed by atoms with E-state index in [9.17, 15) is 17.6 Å². The van der Waals surface area contributed by atoms with Crippen LogP contribution in [0.5, 0.6) is 0 Å². The number of carbonyl (C=O) groups excluding carboxylic acids is 1. The van der Waals surface area contributed by atoms with Gasteiger partial charge in [-0.1, -0.05) is 30.2 Å². The van der Waals surface area contributed by atoms with Crippen LogP contribution >= 0.6 is 11.3 Å². The van der Waals surface area contributed by atoms with Crippen LogP contribution in [-0.2, 0) is 21.8 Å². The van der Waals surface area contributed by atoms with Crippen LogP contribution in [0, 0.1) is 5.82 Å². The topological polar surface area (TPSA) is 120 Å². The maximum absolute atomic E-state index is 14.9. The van der Waals surface area contributed by atoms with Crippen LogP contribution in [0.15, 0.2) is 34.9 Å². The highest BCUT2D eigenvalue weighted by Crippen LogP contribution is 2.45. The lowest BCUT2D eigenvalue weighted by atomic mass is 9.90. The van der Waals surface area contributed by atoms with E-state index in [1.807, 2.05) is 0 Å². The first kappa shape index (κ1) is 21.2. The van der Waals surface area contributed by atoms with Crippen LogP contribution in [-0.4, -0.2) is 45.1 Å². The second kappa shape index (κ2) is 7.17. The Morgan fingerprint density at radius 3 is 2.75 bits per heavy atom. The smallest absolute Gasteiger partial charge is 0.212 e. The highest BCUT2D eigenvalue weighted by molar-refractivity contribution is 7.93. The number of imidazole rings is 1. The standard InChI is InChI=1S/C21H22FN5O3S2/c1-20(11-32(29,30)21(18(23)26-20)6-2-3-7-21)14-8-13(4-5-15(14)22)9-17(28)16-10-27-19(25-16)31-12-24-27/h4-5,8,10,12H,2-3,6-7,9,11H2,1H3,(H2,23,26)/t20-/m0/s1. The molecule has 1 saturated carbocycles. The van der Waals surface area contributed by atoms with E-state index in [2.05, 4.69) is 15.1 Å². The number of fused-ring (bicyclic) bond motifs is 1. The summed E-state index contributed by atoms with van der Waals surface area (Å²) in [5.74, 6) is -1.08. The van der Waals surface area contributed by atoms with Gasteiger partial charge in [-0.2, -0.15) is 5.10 Å². The third-order valence-corrected chi connectivity index (χ3v) is 10.00. The zero-order chi connectivity index (χ0) is 22.7. The molecule has 1 atom stereocenters. The molecule has 168 valence electrons. The number of sulfone groups is 1. The molecule has 0 radical (unpaired) electrons. The van der Waals surface area contributed by atoms with Crippen LogP contribution < -0.4 is 5.73 Å². The first-order valence-corrected chi connectivity index (χ1v) is 12.9. The number of rotatable bonds is 4. The summed E-state index contributed by atoms with van der Waals surface area (Å²) in [5.41, 5.74) is 7.42. The second-order valence-electron chi connectivity index (χ2n) is 8.74. The lowest BCUT2D eigenvalue weighted by Gasteiger charge is -2.39. The molecular formula is C21H22FN5O3S2. The molecule has 3 heterocycles. The largest absolute Gasteiger partial charge is 0.386 e. The third-order valence-electron chi connectivity index (χ3n) is 6.56. The lowest BCUT2D eigenvalue weighted by molar-refractivity contribution is 0.0988. The molecule has 32 heavy (non-hydrogen) atoms. The fourth-order valence-corrected chi connectivity index (χ4v) is 7.98. The molecular weight excluding hydrogens is 453 g/mol. The molecule has 2 aromatic heterocycles. The number of aromatic nitrogens is 3. The van der Waals surface area contributed by atoms with Gasteiger partial charge in [0.15, 0.2) is 15.6 Å². The molecule has 0 unspecified atom stereocenters. The maximum atomic E-state index is 14.9. The van der Waals surface area contributed by atoms with E-state index < -0.39 is 25.9 Å². The minimum Gasteiger partial charge on any atom is -0.386 e. The van der Waals surface area contributed by atoms with Crippen molar-refractivity contribution in [1.29, 1.82) is 0 Å². The van der Waals surface area contributed by atoms with Crippen LogP contribution in [0.25, 0.3) is 4.96 Å². The summed E-state index contributed by atoms with van der Waals surface area (Å²) in [4.78, 5) is 22.1. The summed E-state index contributed by atoms with van der Waals surface area (Å²) in [7, 11) is -3.64. The van der Waals surface area contributed by atoms with Crippen molar-refractivity contribution in [3.05, 3.63) is 52.5 Å². The SMILES string of the molecule is C[C@@]1(c2cc(CC(=O)c3cn4ncsc4n3)ccc2F)CS(=O)(=O)C2(CCCC2)C(N)=N1. The van der Waals surface area contributed by atoms with Crippen molar-refractivity contribution in [3.8, 4) is 0 Å². The fraction of sp³-hybridized carbons (Fsp3) is 0.429. The van der Waals surface area contributed by atoms with Crippen molar-refractivity contribution < 1.29 is 17.6 Å². The minimum absolute atomic E-state index is 0.00984. The average Bonchev–Trinajstić information content (AvgIpc) is 3.44. The predicted molar refractivity (Wildman–Crippen MR) is 119 cm³/mol. The number of halogens is 1. The monoisotopic (exact) mass is 475 g/mol. The van der Waals surface area contributed by atoms with E-state index in [0.29, 0.717) is 23.4 Å². The number of carbonyl (C=O) groups is 1. The lowest BCUT2D eigenvalue weighted by Crippen LogP contribution is -2.56. The summed E-state index contributed by atoms with van der Waals surface area (Å²) >= 11 is 1.32. The van der Waals surface area contributed by atoms with E-state index in [1.54, 1.807) is 18.6 Å². The molecule has 2 aliphatic rings. The number of benzene rings is 1. The van der Waals surface area contributed by atoms with E-state index in [1.165, 1.54) is 34.1 Å². The quantitative estimate of drug-likeness (QED) is 0.580. The molecule has 0 saturated heterocycles. The molecule has 3 aromatic rings.